The molecule has 20 heavy (non-hydrogen) atoms. The van der Waals surface area contributed by atoms with Crippen molar-refractivity contribution in [2.45, 2.75) is 13.0 Å². The van der Waals surface area contributed by atoms with Gasteiger partial charge in [0.15, 0.2) is 11.9 Å². The molecule has 5 nitrogen and oxygen atoms in total. The molecule has 0 saturated heterocycles. The van der Waals surface area contributed by atoms with E-state index in [2.05, 4.69) is 36.8 Å². The van der Waals surface area contributed by atoms with Gasteiger partial charge in [-0.3, -0.25) is 10.2 Å². The lowest BCUT2D eigenvalue weighted by molar-refractivity contribution is -0.127. The Morgan fingerprint density at radius 1 is 1.45 bits per heavy atom. The number of fused-ring (bicyclic) bond motifs is 1. The number of hydrogen-bond donors (Lipinski definition) is 2. The van der Waals surface area contributed by atoms with Gasteiger partial charge in [0.25, 0.3) is 5.91 Å². The summed E-state index contributed by atoms with van der Waals surface area (Å²) in [6.45, 7) is 1.59. The van der Waals surface area contributed by atoms with Crippen LogP contribution in [0.3, 0.4) is 0 Å². The standard InChI is InChI=1S/C12H10Br2ClN3O2/c1-5(12(19)18-16)20-11-8(14)4-7(13)6-2-3-9(15)17-10(6)11/h2-5H,16H2,1H3,(H,18,19). The number of pyridine rings is 1. The van der Waals surface area contributed by atoms with Crippen LogP contribution in [-0.4, -0.2) is 17.0 Å². The summed E-state index contributed by atoms with van der Waals surface area (Å²) >= 11 is 12.8. The van der Waals surface area contributed by atoms with E-state index < -0.39 is 12.0 Å². The molecule has 106 valence electrons. The van der Waals surface area contributed by atoms with Crippen molar-refractivity contribution in [3.8, 4) is 5.75 Å². The Labute approximate surface area is 137 Å². The van der Waals surface area contributed by atoms with E-state index in [9.17, 15) is 4.79 Å². The number of amides is 1. The number of rotatable bonds is 3. The molecule has 0 aliphatic heterocycles. The van der Waals surface area contributed by atoms with Crippen LogP contribution in [0, 0.1) is 0 Å². The lowest BCUT2D eigenvalue weighted by Crippen LogP contribution is -2.40. The van der Waals surface area contributed by atoms with Crippen molar-refractivity contribution in [2.24, 2.45) is 5.84 Å². The molecule has 2 rings (SSSR count). The third kappa shape index (κ3) is 3.06. The van der Waals surface area contributed by atoms with Crippen LogP contribution in [0.25, 0.3) is 10.9 Å². The first kappa shape index (κ1) is 15.5. The molecule has 1 aromatic carbocycles. The van der Waals surface area contributed by atoms with Crippen LogP contribution in [-0.2, 0) is 4.79 Å². The van der Waals surface area contributed by atoms with Crippen molar-refractivity contribution in [1.82, 2.24) is 10.4 Å². The van der Waals surface area contributed by atoms with E-state index in [1.807, 2.05) is 17.6 Å². The van der Waals surface area contributed by atoms with E-state index in [0.29, 0.717) is 20.9 Å². The molecule has 0 aliphatic carbocycles. The zero-order chi connectivity index (χ0) is 14.9. The van der Waals surface area contributed by atoms with E-state index in [4.69, 9.17) is 22.2 Å². The van der Waals surface area contributed by atoms with E-state index in [0.717, 1.165) is 9.86 Å². The van der Waals surface area contributed by atoms with Crippen LogP contribution in [0.4, 0.5) is 0 Å². The first-order chi connectivity index (χ1) is 9.43. The SMILES string of the molecule is CC(Oc1c(Br)cc(Br)c2ccc(Cl)nc12)C(=O)NN. The zero-order valence-electron chi connectivity index (χ0n) is 10.3. The largest absolute Gasteiger partial charge is 0.477 e. The summed E-state index contributed by atoms with van der Waals surface area (Å²) in [5.41, 5.74) is 2.59. The molecule has 1 amide bonds. The number of carbonyl (C=O) groups excluding carboxylic acids is 1. The highest BCUT2D eigenvalue weighted by atomic mass is 79.9. The van der Waals surface area contributed by atoms with Gasteiger partial charge < -0.3 is 4.74 Å². The minimum absolute atomic E-state index is 0.336. The zero-order valence-corrected chi connectivity index (χ0v) is 14.2. The Balaban J connectivity index is 2.57. The van der Waals surface area contributed by atoms with Crippen molar-refractivity contribution < 1.29 is 9.53 Å². The van der Waals surface area contributed by atoms with Crippen molar-refractivity contribution in [2.75, 3.05) is 0 Å². The number of nitrogens with one attached hydrogen (secondary N) is 1. The molecule has 1 heterocycles. The summed E-state index contributed by atoms with van der Waals surface area (Å²) in [5, 5.41) is 1.16. The maximum absolute atomic E-state index is 11.5. The van der Waals surface area contributed by atoms with E-state index in [1.54, 1.807) is 13.0 Å². The van der Waals surface area contributed by atoms with Crippen molar-refractivity contribution in [3.63, 3.8) is 0 Å². The monoisotopic (exact) mass is 421 g/mol. The van der Waals surface area contributed by atoms with Gasteiger partial charge >= 0.3 is 0 Å². The Morgan fingerprint density at radius 2 is 2.15 bits per heavy atom. The maximum Gasteiger partial charge on any atom is 0.274 e. The summed E-state index contributed by atoms with van der Waals surface area (Å²) in [7, 11) is 0. The molecule has 0 aliphatic rings. The topological polar surface area (TPSA) is 77.2 Å². The Morgan fingerprint density at radius 3 is 2.80 bits per heavy atom. The van der Waals surface area contributed by atoms with Gasteiger partial charge in [0.1, 0.15) is 10.7 Å². The van der Waals surface area contributed by atoms with Crippen LogP contribution in [0.5, 0.6) is 5.75 Å². The quantitative estimate of drug-likeness (QED) is 0.344. The molecule has 1 unspecified atom stereocenters. The van der Waals surface area contributed by atoms with Crippen LogP contribution >= 0.6 is 43.5 Å². The molecule has 0 saturated carbocycles. The number of hydrogen-bond acceptors (Lipinski definition) is 4. The Hall–Kier alpha value is -0.890. The van der Waals surface area contributed by atoms with E-state index >= 15 is 0 Å². The van der Waals surface area contributed by atoms with Gasteiger partial charge in [-0.2, -0.15) is 0 Å². The molecular formula is C12H10Br2ClN3O2. The van der Waals surface area contributed by atoms with Gasteiger partial charge in [-0.15, -0.1) is 0 Å². The highest BCUT2D eigenvalue weighted by Gasteiger charge is 2.19. The summed E-state index contributed by atoms with van der Waals surface area (Å²) in [4.78, 5) is 15.7. The van der Waals surface area contributed by atoms with Crippen molar-refractivity contribution >= 4 is 60.3 Å². The maximum atomic E-state index is 11.5. The fraction of sp³-hybridized carbons (Fsp3) is 0.167. The van der Waals surface area contributed by atoms with Gasteiger partial charge in [-0.05, 0) is 41.1 Å². The average Bonchev–Trinajstić information content (AvgIpc) is 2.41. The second-order valence-electron chi connectivity index (χ2n) is 3.97. The lowest BCUT2D eigenvalue weighted by atomic mass is 10.2. The first-order valence-corrected chi connectivity index (χ1v) is 7.51. The van der Waals surface area contributed by atoms with Gasteiger partial charge in [0.05, 0.1) is 4.47 Å². The number of carbonyl (C=O) groups is 1. The number of halogens is 3. The molecule has 1 aromatic heterocycles. The smallest absolute Gasteiger partial charge is 0.274 e. The average molecular weight is 423 g/mol. The predicted molar refractivity (Wildman–Crippen MR) is 84.6 cm³/mol. The van der Waals surface area contributed by atoms with Crippen LogP contribution in [0.1, 0.15) is 6.92 Å². The summed E-state index contributed by atoms with van der Waals surface area (Å²) in [6, 6.07) is 5.32. The Bertz CT molecular complexity index is 681. The summed E-state index contributed by atoms with van der Waals surface area (Å²) < 4.78 is 7.14. The molecule has 0 radical (unpaired) electrons. The number of nitrogens with zero attached hydrogens (tertiary/aromatic N) is 1. The molecule has 8 heteroatoms. The third-order valence-corrected chi connectivity index (χ3v) is 4.07. The predicted octanol–water partition coefficient (Wildman–Crippen LogP) is 3.17. The third-order valence-electron chi connectivity index (χ3n) is 2.61. The van der Waals surface area contributed by atoms with Crippen molar-refractivity contribution in [3.05, 3.63) is 32.3 Å². The van der Waals surface area contributed by atoms with Gasteiger partial charge in [0.2, 0.25) is 0 Å². The number of benzene rings is 1. The molecule has 3 N–H and O–H groups in total. The molecule has 0 fully saturated rings. The molecule has 0 bridgehead atoms. The van der Waals surface area contributed by atoms with Gasteiger partial charge in [-0.1, -0.05) is 27.5 Å². The number of nitrogens with two attached hydrogens (primary N) is 1. The number of ether oxygens (including phenoxy) is 1. The molecule has 2 aromatic rings. The second kappa shape index (κ2) is 6.26. The molecule has 1 atom stereocenters. The second-order valence-corrected chi connectivity index (χ2v) is 6.06. The number of hydrazine groups is 1. The minimum atomic E-state index is -0.763. The molecule has 0 spiro atoms. The van der Waals surface area contributed by atoms with Crippen LogP contribution < -0.4 is 16.0 Å². The highest BCUT2D eigenvalue weighted by molar-refractivity contribution is 9.11. The molecular weight excluding hydrogens is 413 g/mol. The van der Waals surface area contributed by atoms with Gasteiger partial charge in [-0.25, -0.2) is 10.8 Å². The van der Waals surface area contributed by atoms with Crippen molar-refractivity contribution in [1.29, 1.82) is 0 Å². The number of aromatic nitrogens is 1. The fourth-order valence-corrected chi connectivity index (χ4v) is 3.14. The Kier molecular flexibility index (Phi) is 4.85. The minimum Gasteiger partial charge on any atom is -0.477 e. The van der Waals surface area contributed by atoms with Crippen LogP contribution in [0.2, 0.25) is 5.15 Å². The lowest BCUT2D eigenvalue weighted by Gasteiger charge is -2.16. The fourth-order valence-electron chi connectivity index (χ4n) is 1.63. The van der Waals surface area contributed by atoms with Gasteiger partial charge in [0, 0.05) is 9.86 Å². The first-order valence-electron chi connectivity index (χ1n) is 5.55. The van der Waals surface area contributed by atoms with E-state index in [1.165, 1.54) is 0 Å². The normalized spacial score (nSPS) is 12.2. The summed E-state index contributed by atoms with van der Waals surface area (Å²) in [6.07, 6.45) is -0.763. The highest BCUT2D eigenvalue weighted by Crippen LogP contribution is 2.38. The van der Waals surface area contributed by atoms with Crippen LogP contribution in [0.15, 0.2) is 27.1 Å². The summed E-state index contributed by atoms with van der Waals surface area (Å²) in [5.74, 6) is 5.09. The van der Waals surface area contributed by atoms with E-state index in [-0.39, 0.29) is 0 Å².